The lowest BCUT2D eigenvalue weighted by Gasteiger charge is -2.36. The smallest absolute Gasteiger partial charge is 0.325 e. The van der Waals surface area contributed by atoms with Crippen molar-refractivity contribution < 1.29 is 14.3 Å². The highest BCUT2D eigenvalue weighted by molar-refractivity contribution is 8.13. The molecule has 3 rings (SSSR count). The normalized spacial score (nSPS) is 22.6. The van der Waals surface area contributed by atoms with E-state index < -0.39 is 18.2 Å². The van der Waals surface area contributed by atoms with Crippen LogP contribution in [0.1, 0.15) is 13.3 Å². The number of ether oxygens (including phenoxy) is 1. The number of carbonyl (C=O) groups excluding carboxylic acids is 2. The zero-order chi connectivity index (χ0) is 17.8. The number of carbonyl (C=O) groups is 2. The third-order valence-electron chi connectivity index (χ3n) is 4.15. The van der Waals surface area contributed by atoms with E-state index in [1.807, 2.05) is 42.2 Å². The molecular formula is C17H22N4O3S. The minimum atomic E-state index is -0.464. The molecule has 134 valence electrons. The molecule has 1 aromatic carbocycles. The summed E-state index contributed by atoms with van der Waals surface area (Å²) in [6, 6.07) is 8.78. The number of imide groups is 1. The molecule has 2 unspecified atom stereocenters. The Hall–Kier alpha value is -2.22. The van der Waals surface area contributed by atoms with Gasteiger partial charge >= 0.3 is 6.03 Å². The summed E-state index contributed by atoms with van der Waals surface area (Å²) in [5.41, 5.74) is 0. The Kier molecular flexibility index (Phi) is 5.47. The molecule has 7 nitrogen and oxygen atoms in total. The van der Waals surface area contributed by atoms with E-state index in [0.717, 1.165) is 23.1 Å². The number of amidine groups is 1. The molecule has 0 saturated carbocycles. The number of amides is 3. The summed E-state index contributed by atoms with van der Waals surface area (Å²) >= 11 is 1.59. The Balaban J connectivity index is 1.63. The first-order valence-electron chi connectivity index (χ1n) is 8.34. The maximum absolute atomic E-state index is 12.3. The second kappa shape index (κ2) is 7.77. The molecule has 0 spiro atoms. The standard InChI is InChI=1S/C17H22N4O3S/c1-3-25-17-18-14-13(15(22)19-16(23)20(14)2)21(17)10-7-11-24-12-8-5-4-6-9-12/h4-6,8-9,13-14H,3,7,10-11H2,1-2H3,(H,19,22,23). The number of nitrogens with zero attached hydrogens (tertiary/aromatic N) is 3. The van der Waals surface area contributed by atoms with Crippen LogP contribution in [0, 0.1) is 0 Å². The number of rotatable bonds is 6. The molecule has 2 atom stereocenters. The van der Waals surface area contributed by atoms with Crippen LogP contribution in [-0.4, -0.2) is 65.1 Å². The van der Waals surface area contributed by atoms with E-state index in [1.54, 1.807) is 18.8 Å². The second-order valence-corrected chi connectivity index (χ2v) is 7.05. The summed E-state index contributed by atoms with van der Waals surface area (Å²) < 4.78 is 5.72. The van der Waals surface area contributed by atoms with E-state index in [-0.39, 0.29) is 5.91 Å². The van der Waals surface area contributed by atoms with Gasteiger partial charge in [0.2, 0.25) is 0 Å². The van der Waals surface area contributed by atoms with Crippen molar-refractivity contribution in [1.29, 1.82) is 0 Å². The predicted octanol–water partition coefficient (Wildman–Crippen LogP) is 1.76. The average Bonchev–Trinajstić information content (AvgIpc) is 2.97. The monoisotopic (exact) mass is 362 g/mol. The van der Waals surface area contributed by atoms with Crippen LogP contribution in [0.5, 0.6) is 5.75 Å². The second-order valence-electron chi connectivity index (χ2n) is 5.82. The molecule has 1 fully saturated rings. The minimum Gasteiger partial charge on any atom is -0.494 e. The molecule has 3 amide bonds. The molecule has 2 aliphatic heterocycles. The zero-order valence-electron chi connectivity index (χ0n) is 14.3. The fourth-order valence-electron chi connectivity index (χ4n) is 2.93. The minimum absolute atomic E-state index is 0.285. The average molecular weight is 362 g/mol. The lowest BCUT2D eigenvalue weighted by molar-refractivity contribution is -0.127. The largest absolute Gasteiger partial charge is 0.494 e. The third kappa shape index (κ3) is 3.73. The number of hydrogen-bond acceptors (Lipinski definition) is 6. The van der Waals surface area contributed by atoms with Gasteiger partial charge in [-0.1, -0.05) is 36.9 Å². The van der Waals surface area contributed by atoms with Crippen molar-refractivity contribution in [2.24, 2.45) is 4.99 Å². The van der Waals surface area contributed by atoms with Gasteiger partial charge in [0.25, 0.3) is 5.91 Å². The molecule has 2 heterocycles. The number of hydrogen-bond donors (Lipinski definition) is 1. The summed E-state index contributed by atoms with van der Waals surface area (Å²) in [5.74, 6) is 1.40. The van der Waals surface area contributed by atoms with Crippen LogP contribution in [0.3, 0.4) is 0 Å². The first-order chi connectivity index (χ1) is 12.1. The lowest BCUT2D eigenvalue weighted by atomic mass is 10.1. The van der Waals surface area contributed by atoms with Gasteiger partial charge in [-0.15, -0.1) is 0 Å². The number of thioether (sulfide) groups is 1. The summed E-state index contributed by atoms with van der Waals surface area (Å²) in [6.07, 6.45) is 0.303. The van der Waals surface area contributed by atoms with Crippen LogP contribution in [0.25, 0.3) is 0 Å². The van der Waals surface area contributed by atoms with Gasteiger partial charge in [0.1, 0.15) is 5.75 Å². The number of urea groups is 1. The maximum atomic E-state index is 12.3. The number of likely N-dealkylation sites (N-methyl/N-ethyl adjacent to an activating group) is 1. The van der Waals surface area contributed by atoms with Crippen LogP contribution in [0.4, 0.5) is 4.79 Å². The van der Waals surface area contributed by atoms with Crippen molar-refractivity contribution in [1.82, 2.24) is 15.1 Å². The quantitative estimate of drug-likeness (QED) is 0.781. The van der Waals surface area contributed by atoms with Crippen LogP contribution >= 0.6 is 11.8 Å². The Bertz CT molecular complexity index is 667. The highest BCUT2D eigenvalue weighted by Crippen LogP contribution is 2.28. The van der Waals surface area contributed by atoms with Crippen LogP contribution < -0.4 is 10.1 Å². The van der Waals surface area contributed by atoms with E-state index in [0.29, 0.717) is 13.2 Å². The highest BCUT2D eigenvalue weighted by Gasteiger charge is 2.48. The Morgan fingerprint density at radius 3 is 2.76 bits per heavy atom. The first kappa shape index (κ1) is 17.6. The van der Waals surface area contributed by atoms with Crippen LogP contribution in [-0.2, 0) is 4.79 Å². The van der Waals surface area contributed by atoms with Crippen molar-refractivity contribution in [3.8, 4) is 5.75 Å². The van der Waals surface area contributed by atoms with Crippen molar-refractivity contribution in [3.05, 3.63) is 30.3 Å². The SMILES string of the molecule is CCSC1=NC2C(C(=O)NC(=O)N2C)N1CCCOc1ccccc1. The summed E-state index contributed by atoms with van der Waals surface area (Å²) in [6.45, 7) is 3.24. The molecule has 2 aliphatic rings. The van der Waals surface area contributed by atoms with Gasteiger partial charge < -0.3 is 14.5 Å². The lowest BCUT2D eigenvalue weighted by Crippen LogP contribution is -2.63. The molecule has 1 saturated heterocycles. The molecule has 0 bridgehead atoms. The molecular weight excluding hydrogens is 340 g/mol. The number of aliphatic imine (C=N–C) groups is 1. The fourth-order valence-corrected chi connectivity index (χ4v) is 3.74. The maximum Gasteiger partial charge on any atom is 0.325 e. The van der Waals surface area contributed by atoms with Gasteiger partial charge in [0.05, 0.1) is 6.61 Å². The van der Waals surface area contributed by atoms with Gasteiger partial charge in [-0.3, -0.25) is 10.1 Å². The Morgan fingerprint density at radius 2 is 2.04 bits per heavy atom. The van der Waals surface area contributed by atoms with E-state index >= 15 is 0 Å². The zero-order valence-corrected chi connectivity index (χ0v) is 15.2. The Morgan fingerprint density at radius 1 is 1.28 bits per heavy atom. The molecule has 0 aromatic heterocycles. The van der Waals surface area contributed by atoms with Gasteiger partial charge in [0.15, 0.2) is 17.4 Å². The highest BCUT2D eigenvalue weighted by atomic mass is 32.2. The molecule has 0 radical (unpaired) electrons. The van der Waals surface area contributed by atoms with Crippen molar-refractivity contribution in [2.75, 3.05) is 26.0 Å². The van der Waals surface area contributed by atoms with E-state index in [1.165, 1.54) is 4.90 Å². The van der Waals surface area contributed by atoms with Crippen molar-refractivity contribution in [3.63, 3.8) is 0 Å². The van der Waals surface area contributed by atoms with E-state index in [9.17, 15) is 9.59 Å². The molecule has 1 N–H and O–H groups in total. The van der Waals surface area contributed by atoms with Crippen molar-refractivity contribution >= 4 is 28.9 Å². The summed E-state index contributed by atoms with van der Waals surface area (Å²) in [7, 11) is 1.67. The summed E-state index contributed by atoms with van der Waals surface area (Å²) in [4.78, 5) is 32.2. The van der Waals surface area contributed by atoms with Gasteiger partial charge in [-0.05, 0) is 24.3 Å². The fraction of sp³-hybridized carbons (Fsp3) is 0.471. The molecule has 25 heavy (non-hydrogen) atoms. The summed E-state index contributed by atoms with van der Waals surface area (Å²) in [5, 5.41) is 3.22. The number of nitrogens with one attached hydrogen (secondary N) is 1. The third-order valence-corrected chi connectivity index (χ3v) is 5.04. The van der Waals surface area contributed by atoms with Gasteiger partial charge in [-0.2, -0.15) is 0 Å². The number of para-hydroxylation sites is 1. The number of benzene rings is 1. The van der Waals surface area contributed by atoms with Gasteiger partial charge in [0, 0.05) is 13.6 Å². The van der Waals surface area contributed by atoms with Crippen LogP contribution in [0.2, 0.25) is 0 Å². The van der Waals surface area contributed by atoms with Crippen LogP contribution in [0.15, 0.2) is 35.3 Å². The van der Waals surface area contributed by atoms with Gasteiger partial charge in [-0.25, -0.2) is 9.79 Å². The molecule has 1 aromatic rings. The van der Waals surface area contributed by atoms with Crippen molar-refractivity contribution in [2.45, 2.75) is 25.6 Å². The Labute approximate surface area is 151 Å². The first-order valence-corrected chi connectivity index (χ1v) is 9.33. The van der Waals surface area contributed by atoms with E-state index in [4.69, 9.17) is 4.74 Å². The molecule has 8 heteroatoms. The topological polar surface area (TPSA) is 74.2 Å². The molecule has 0 aliphatic carbocycles. The predicted molar refractivity (Wildman–Crippen MR) is 97.7 cm³/mol. The van der Waals surface area contributed by atoms with E-state index in [2.05, 4.69) is 10.3 Å². The number of fused-ring (bicyclic) bond motifs is 1.